The van der Waals surface area contributed by atoms with Crippen LogP contribution in [0.2, 0.25) is 0 Å². The average Bonchev–Trinajstić information content (AvgIpc) is 3.54. The number of hydrogen-bond donors (Lipinski definition) is 0. The summed E-state index contributed by atoms with van der Waals surface area (Å²) in [6.45, 7) is 2.43. The minimum absolute atomic E-state index is 0.669. The fourth-order valence-electron chi connectivity index (χ4n) is 6.84. The van der Waals surface area contributed by atoms with E-state index >= 15 is 0 Å². The highest BCUT2D eigenvalue weighted by Crippen LogP contribution is 2.51. The van der Waals surface area contributed by atoms with E-state index < -0.39 is 8.60 Å². The molecule has 6 bridgehead atoms. The third-order valence-corrected chi connectivity index (χ3v) is 9.51. The zero-order valence-electron chi connectivity index (χ0n) is 16.7. The van der Waals surface area contributed by atoms with Crippen molar-refractivity contribution in [1.82, 2.24) is 0 Å². The molecule has 0 aromatic rings. The molecule has 4 heteroatoms. The van der Waals surface area contributed by atoms with Gasteiger partial charge in [-0.2, -0.15) is 0 Å². The van der Waals surface area contributed by atoms with Crippen molar-refractivity contribution in [2.75, 3.05) is 19.8 Å². The topological polar surface area (TPSA) is 27.7 Å². The highest BCUT2D eigenvalue weighted by Gasteiger charge is 2.39. The maximum absolute atomic E-state index is 6.31. The van der Waals surface area contributed by atoms with Crippen LogP contribution in [0.3, 0.4) is 0 Å². The van der Waals surface area contributed by atoms with Gasteiger partial charge in [-0.3, -0.25) is 0 Å². The number of hydrogen-bond acceptors (Lipinski definition) is 3. The van der Waals surface area contributed by atoms with Crippen LogP contribution in [0.1, 0.15) is 38.5 Å². The molecule has 0 amide bonds. The van der Waals surface area contributed by atoms with Crippen molar-refractivity contribution in [1.29, 1.82) is 0 Å². The van der Waals surface area contributed by atoms with Gasteiger partial charge in [-0.15, -0.1) is 0 Å². The first-order valence-electron chi connectivity index (χ1n) is 11.5. The van der Waals surface area contributed by atoms with Crippen molar-refractivity contribution in [3.8, 4) is 0 Å². The molecule has 6 rings (SSSR count). The van der Waals surface area contributed by atoms with E-state index in [0.717, 1.165) is 55.3 Å². The summed E-state index contributed by atoms with van der Waals surface area (Å²) in [5.74, 6) is 6.60. The lowest BCUT2D eigenvalue weighted by Gasteiger charge is -2.26. The van der Waals surface area contributed by atoms with Crippen molar-refractivity contribution in [2.45, 2.75) is 38.5 Å². The molecule has 28 heavy (non-hydrogen) atoms. The van der Waals surface area contributed by atoms with Crippen LogP contribution >= 0.6 is 8.60 Å². The molecule has 0 saturated heterocycles. The fourth-order valence-corrected chi connectivity index (χ4v) is 8.00. The highest BCUT2D eigenvalue weighted by atomic mass is 31.2. The molecule has 3 nitrogen and oxygen atoms in total. The number of rotatable bonds is 9. The van der Waals surface area contributed by atoms with Gasteiger partial charge in [0, 0.05) is 0 Å². The standard InChI is InChI=1S/C24H33O3P/c1-4-19-7-16(1)10-22(19)13-25-28(26-14-23-11-17-2-5-20(23)8-17)27-15-24-12-18-3-6-21(24)9-18/h1-6,16-24H,7-15H2. The Balaban J connectivity index is 1.03. The smallest absolute Gasteiger partial charge is 0.312 e. The number of fused-ring (bicyclic) bond motifs is 6. The van der Waals surface area contributed by atoms with Crippen LogP contribution in [0.25, 0.3) is 0 Å². The first kappa shape index (κ1) is 18.3. The van der Waals surface area contributed by atoms with Gasteiger partial charge in [-0.25, -0.2) is 0 Å². The van der Waals surface area contributed by atoms with Crippen molar-refractivity contribution < 1.29 is 13.6 Å². The summed E-state index contributed by atoms with van der Waals surface area (Å²) in [4.78, 5) is 0. The molecule has 0 aromatic carbocycles. The van der Waals surface area contributed by atoms with Crippen molar-refractivity contribution in [2.24, 2.45) is 53.3 Å². The molecule has 3 saturated carbocycles. The third kappa shape index (κ3) is 3.58. The molecule has 0 heterocycles. The summed E-state index contributed by atoms with van der Waals surface area (Å²) < 4.78 is 18.9. The van der Waals surface area contributed by atoms with Gasteiger partial charge >= 0.3 is 8.60 Å². The van der Waals surface area contributed by atoms with E-state index in [9.17, 15) is 0 Å². The maximum atomic E-state index is 6.31. The second-order valence-electron chi connectivity index (χ2n) is 10.2. The molecule has 0 aliphatic heterocycles. The Bertz CT molecular complexity index is 582. The fraction of sp³-hybridized carbons (Fsp3) is 0.750. The molecule has 9 atom stereocenters. The van der Waals surface area contributed by atoms with Gasteiger partial charge in [-0.1, -0.05) is 36.5 Å². The summed E-state index contributed by atoms with van der Waals surface area (Å²) in [6, 6.07) is 0. The minimum Gasteiger partial charge on any atom is -0.312 e. The van der Waals surface area contributed by atoms with Crippen molar-refractivity contribution in [3.63, 3.8) is 0 Å². The molecule has 0 radical (unpaired) electrons. The van der Waals surface area contributed by atoms with Crippen LogP contribution in [0.5, 0.6) is 0 Å². The molecule has 0 aromatic heterocycles. The first-order chi connectivity index (χ1) is 13.8. The first-order valence-corrected chi connectivity index (χ1v) is 12.6. The molecule has 6 aliphatic rings. The van der Waals surface area contributed by atoms with Crippen molar-refractivity contribution >= 4 is 8.60 Å². The SMILES string of the molecule is C1=CC2CC1CC2COP(OCC1CC2C=CC1C2)OCC1CC2C=CC1C2. The molecule has 6 aliphatic carbocycles. The van der Waals surface area contributed by atoms with Gasteiger partial charge < -0.3 is 13.6 Å². The second kappa shape index (κ2) is 7.65. The molecule has 152 valence electrons. The van der Waals surface area contributed by atoms with E-state index in [2.05, 4.69) is 36.5 Å². The molecule has 0 spiro atoms. The third-order valence-electron chi connectivity index (χ3n) is 8.43. The van der Waals surface area contributed by atoms with Gasteiger partial charge in [0.05, 0.1) is 19.8 Å². The zero-order valence-corrected chi connectivity index (χ0v) is 17.6. The monoisotopic (exact) mass is 400 g/mol. The summed E-state index contributed by atoms with van der Waals surface area (Å²) in [7, 11) is -1.21. The highest BCUT2D eigenvalue weighted by molar-refractivity contribution is 7.41. The normalized spacial score (nSPS) is 47.8. The Hall–Kier alpha value is -0.470. The average molecular weight is 400 g/mol. The van der Waals surface area contributed by atoms with E-state index in [4.69, 9.17) is 13.6 Å². The number of allylic oxidation sites excluding steroid dienone is 6. The van der Waals surface area contributed by atoms with Crippen LogP contribution in [0, 0.1) is 53.3 Å². The largest absolute Gasteiger partial charge is 0.332 e. The summed E-state index contributed by atoms with van der Waals surface area (Å²) >= 11 is 0. The maximum Gasteiger partial charge on any atom is 0.332 e. The van der Waals surface area contributed by atoms with Crippen LogP contribution in [-0.4, -0.2) is 19.8 Å². The van der Waals surface area contributed by atoms with Crippen LogP contribution in [-0.2, 0) is 13.6 Å². The Morgan fingerprint density at radius 3 is 1.11 bits per heavy atom. The molecule has 3 fully saturated rings. The van der Waals surface area contributed by atoms with Crippen LogP contribution < -0.4 is 0 Å². The lowest BCUT2D eigenvalue weighted by Crippen LogP contribution is -2.18. The van der Waals surface area contributed by atoms with Crippen LogP contribution in [0.15, 0.2) is 36.5 Å². The predicted octanol–water partition coefficient (Wildman–Crippen LogP) is 5.90. The van der Waals surface area contributed by atoms with E-state index in [0.29, 0.717) is 17.8 Å². The Morgan fingerprint density at radius 2 is 0.857 bits per heavy atom. The second-order valence-corrected chi connectivity index (χ2v) is 11.5. The molecular formula is C24H33O3P. The summed E-state index contributed by atoms with van der Waals surface area (Å²) in [5.41, 5.74) is 0. The van der Waals surface area contributed by atoms with Gasteiger partial charge in [-0.05, 0) is 91.8 Å². The Morgan fingerprint density at radius 1 is 0.500 bits per heavy atom. The van der Waals surface area contributed by atoms with Crippen LogP contribution in [0.4, 0.5) is 0 Å². The summed E-state index contributed by atoms with van der Waals surface area (Å²) in [6.07, 6.45) is 22.3. The van der Waals surface area contributed by atoms with Gasteiger partial charge in [0.25, 0.3) is 0 Å². The van der Waals surface area contributed by atoms with E-state index in [1.807, 2.05) is 0 Å². The van der Waals surface area contributed by atoms with E-state index in [-0.39, 0.29) is 0 Å². The van der Waals surface area contributed by atoms with Gasteiger partial charge in [0.15, 0.2) is 0 Å². The Labute approximate surface area is 170 Å². The lowest BCUT2D eigenvalue weighted by atomic mass is 9.95. The van der Waals surface area contributed by atoms with Gasteiger partial charge in [0.2, 0.25) is 0 Å². The van der Waals surface area contributed by atoms with E-state index in [1.54, 1.807) is 0 Å². The van der Waals surface area contributed by atoms with Gasteiger partial charge in [0.1, 0.15) is 0 Å². The van der Waals surface area contributed by atoms with Crippen molar-refractivity contribution in [3.05, 3.63) is 36.5 Å². The van der Waals surface area contributed by atoms with E-state index in [1.165, 1.54) is 38.5 Å². The molecule has 0 N–H and O–H groups in total. The molecule has 9 unspecified atom stereocenters. The quantitative estimate of drug-likeness (QED) is 0.356. The molecular weight excluding hydrogens is 367 g/mol. The predicted molar refractivity (Wildman–Crippen MR) is 111 cm³/mol. The summed E-state index contributed by atoms with van der Waals surface area (Å²) in [5, 5.41) is 0. The lowest BCUT2D eigenvalue weighted by molar-refractivity contribution is 0.106. The zero-order chi connectivity index (χ0) is 18.5. The Kier molecular flexibility index (Phi) is 5.01. The minimum atomic E-state index is -1.21.